The first-order chi connectivity index (χ1) is 12.1. The van der Waals surface area contributed by atoms with Gasteiger partial charge < -0.3 is 14.6 Å². The molecule has 1 aromatic carbocycles. The molecule has 0 spiro atoms. The summed E-state index contributed by atoms with van der Waals surface area (Å²) < 4.78 is 1.47. The fraction of sp³-hybridized carbons (Fsp3) is 0.294. The second-order valence-electron chi connectivity index (χ2n) is 6.13. The van der Waals surface area contributed by atoms with E-state index in [9.17, 15) is 9.90 Å². The smallest absolute Gasteiger partial charge is 0.293 e. The number of β-amino-alcohol motifs (C(OH)–C–C–N with tert-alkyl or cyclic N) is 1. The number of nitrogens with one attached hydrogen (secondary N) is 1. The molecule has 4 rings (SSSR count). The molecule has 1 saturated heterocycles. The fourth-order valence-corrected chi connectivity index (χ4v) is 3.13. The van der Waals surface area contributed by atoms with E-state index in [1.165, 1.54) is 4.57 Å². The lowest BCUT2D eigenvalue weighted by Crippen LogP contribution is -2.33. The third-order valence-corrected chi connectivity index (χ3v) is 4.40. The maximum Gasteiger partial charge on any atom is 0.293 e. The van der Waals surface area contributed by atoms with Crippen LogP contribution in [0, 0.1) is 0 Å². The van der Waals surface area contributed by atoms with Crippen molar-refractivity contribution in [2.45, 2.75) is 18.6 Å². The summed E-state index contributed by atoms with van der Waals surface area (Å²) in [6, 6.07) is 9.37. The quantitative estimate of drug-likeness (QED) is 0.735. The van der Waals surface area contributed by atoms with Gasteiger partial charge in [-0.05, 0) is 0 Å². The molecule has 3 aromatic rings. The molecular weight excluding hydrogens is 320 g/mol. The van der Waals surface area contributed by atoms with Crippen LogP contribution in [0.2, 0.25) is 0 Å². The molecule has 25 heavy (non-hydrogen) atoms. The minimum atomic E-state index is -0.554. The van der Waals surface area contributed by atoms with Gasteiger partial charge in [-0.1, -0.05) is 30.3 Å². The monoisotopic (exact) mass is 338 g/mol. The van der Waals surface area contributed by atoms with Crippen molar-refractivity contribution in [2.24, 2.45) is 7.05 Å². The summed E-state index contributed by atoms with van der Waals surface area (Å²) in [5.74, 6) is 1.51. The molecule has 8 nitrogen and oxygen atoms in total. The maximum atomic E-state index is 12.4. The minimum Gasteiger partial charge on any atom is -0.391 e. The molecule has 1 aliphatic heterocycles. The minimum absolute atomic E-state index is 0.204. The van der Waals surface area contributed by atoms with E-state index >= 15 is 0 Å². The van der Waals surface area contributed by atoms with E-state index in [4.69, 9.17) is 0 Å². The van der Waals surface area contributed by atoms with Gasteiger partial charge in [0.2, 0.25) is 0 Å². The number of benzene rings is 1. The van der Waals surface area contributed by atoms with Gasteiger partial charge in [0.1, 0.15) is 5.82 Å². The molecule has 128 valence electrons. The zero-order valence-electron chi connectivity index (χ0n) is 13.7. The number of hydrogen-bond donors (Lipinski definition) is 2. The summed E-state index contributed by atoms with van der Waals surface area (Å²) in [6.45, 7) is 0.332. The average Bonchev–Trinajstić information content (AvgIpc) is 3.25. The van der Waals surface area contributed by atoms with Crippen molar-refractivity contribution >= 4 is 5.82 Å². The third-order valence-electron chi connectivity index (χ3n) is 4.40. The molecule has 2 aromatic heterocycles. The van der Waals surface area contributed by atoms with Gasteiger partial charge in [-0.15, -0.1) is 0 Å². The van der Waals surface area contributed by atoms with E-state index in [1.807, 2.05) is 30.3 Å². The maximum absolute atomic E-state index is 12.4. The Bertz CT molecular complexity index is 936. The van der Waals surface area contributed by atoms with Gasteiger partial charge in [0.25, 0.3) is 5.56 Å². The topological polar surface area (TPSA) is 99.9 Å². The number of H-pyrrole nitrogens is 1. The highest BCUT2D eigenvalue weighted by Crippen LogP contribution is 2.33. The lowest BCUT2D eigenvalue weighted by molar-refractivity contribution is 0.194. The number of aryl methyl sites for hydroxylation is 1. The van der Waals surface area contributed by atoms with E-state index in [0.717, 1.165) is 5.56 Å². The van der Waals surface area contributed by atoms with Crippen LogP contribution in [0.15, 0.2) is 47.5 Å². The number of anilines is 1. The van der Waals surface area contributed by atoms with Gasteiger partial charge in [0.15, 0.2) is 11.6 Å². The number of nitrogens with zero attached hydrogens (tertiary/aromatic N) is 5. The number of aromatic amines is 1. The van der Waals surface area contributed by atoms with Crippen LogP contribution in [-0.2, 0) is 7.05 Å². The second kappa shape index (κ2) is 6.14. The molecule has 0 amide bonds. The predicted octanol–water partition coefficient (Wildman–Crippen LogP) is 0.878. The number of rotatable bonds is 3. The molecule has 0 unspecified atom stereocenters. The van der Waals surface area contributed by atoms with Crippen LogP contribution >= 0.6 is 0 Å². The standard InChI is InChI=1S/C17H18N6O2/c1-22-8-7-18-16(17(22)25)23-10-12(24)9-13(23)15-19-14(20-21-15)11-5-3-2-4-6-11/h2-8,12-13,24H,9-10H2,1H3,(H,19,20,21)/t12-,13+/m1/s1. The summed E-state index contributed by atoms with van der Waals surface area (Å²) >= 11 is 0. The van der Waals surface area contributed by atoms with E-state index < -0.39 is 6.10 Å². The lowest BCUT2D eigenvalue weighted by atomic mass is 10.2. The van der Waals surface area contributed by atoms with Gasteiger partial charge in [-0.2, -0.15) is 5.10 Å². The molecule has 3 heterocycles. The molecule has 0 bridgehead atoms. The number of aliphatic hydroxyl groups is 1. The van der Waals surface area contributed by atoms with Gasteiger partial charge >= 0.3 is 0 Å². The Labute approximate surface area is 143 Å². The largest absolute Gasteiger partial charge is 0.391 e. The molecule has 0 radical (unpaired) electrons. The van der Waals surface area contributed by atoms with E-state index in [-0.39, 0.29) is 11.6 Å². The summed E-state index contributed by atoms with van der Waals surface area (Å²) in [6.07, 6.45) is 3.09. The zero-order valence-corrected chi connectivity index (χ0v) is 13.7. The van der Waals surface area contributed by atoms with Crippen LogP contribution in [0.1, 0.15) is 18.3 Å². The first-order valence-electron chi connectivity index (χ1n) is 8.07. The van der Waals surface area contributed by atoms with Crippen molar-refractivity contribution in [1.82, 2.24) is 24.7 Å². The molecule has 1 fully saturated rings. The van der Waals surface area contributed by atoms with Crippen molar-refractivity contribution in [1.29, 1.82) is 0 Å². The highest BCUT2D eigenvalue weighted by atomic mass is 16.3. The summed E-state index contributed by atoms with van der Waals surface area (Å²) in [7, 11) is 1.68. The Morgan fingerprint density at radius 3 is 2.88 bits per heavy atom. The fourth-order valence-electron chi connectivity index (χ4n) is 3.13. The van der Waals surface area contributed by atoms with Crippen LogP contribution in [0.3, 0.4) is 0 Å². The summed E-state index contributed by atoms with van der Waals surface area (Å²) in [4.78, 5) is 23.0. The van der Waals surface area contributed by atoms with Crippen molar-refractivity contribution in [3.63, 3.8) is 0 Å². The van der Waals surface area contributed by atoms with Crippen LogP contribution in [0.25, 0.3) is 11.4 Å². The van der Waals surface area contributed by atoms with E-state index in [0.29, 0.717) is 30.4 Å². The number of aromatic nitrogens is 5. The highest BCUT2D eigenvalue weighted by Gasteiger charge is 2.36. The SMILES string of the molecule is Cn1ccnc(N2C[C@H](O)C[C@H]2c2nc(-c3ccccc3)n[nH]2)c1=O. The molecule has 0 aliphatic carbocycles. The van der Waals surface area contributed by atoms with E-state index in [2.05, 4.69) is 20.2 Å². The van der Waals surface area contributed by atoms with Crippen LogP contribution in [0.4, 0.5) is 5.82 Å². The van der Waals surface area contributed by atoms with Crippen LogP contribution < -0.4 is 10.5 Å². The number of aliphatic hydroxyl groups excluding tert-OH is 1. The van der Waals surface area contributed by atoms with Crippen LogP contribution in [0.5, 0.6) is 0 Å². The third kappa shape index (κ3) is 2.80. The first kappa shape index (κ1) is 15.5. The highest BCUT2D eigenvalue weighted by molar-refractivity contribution is 5.54. The zero-order chi connectivity index (χ0) is 17.4. The first-order valence-corrected chi connectivity index (χ1v) is 8.07. The van der Waals surface area contributed by atoms with Crippen molar-refractivity contribution in [3.05, 3.63) is 58.9 Å². The molecular formula is C17H18N6O2. The molecule has 2 atom stereocenters. The van der Waals surface area contributed by atoms with Crippen LogP contribution in [-0.4, -0.2) is 42.5 Å². The average molecular weight is 338 g/mol. The van der Waals surface area contributed by atoms with E-state index in [1.54, 1.807) is 24.3 Å². The normalized spacial score (nSPS) is 20.2. The Kier molecular flexibility index (Phi) is 3.81. The Morgan fingerprint density at radius 2 is 2.08 bits per heavy atom. The Balaban J connectivity index is 1.70. The Morgan fingerprint density at radius 1 is 1.28 bits per heavy atom. The van der Waals surface area contributed by atoms with Crippen molar-refractivity contribution in [2.75, 3.05) is 11.4 Å². The number of hydrogen-bond acceptors (Lipinski definition) is 6. The van der Waals surface area contributed by atoms with Gasteiger partial charge in [0, 0.05) is 38.0 Å². The Hall–Kier alpha value is -3.00. The summed E-state index contributed by atoms with van der Waals surface area (Å²) in [5.41, 5.74) is 0.702. The molecule has 0 saturated carbocycles. The predicted molar refractivity (Wildman–Crippen MR) is 92.0 cm³/mol. The molecule has 2 N–H and O–H groups in total. The van der Waals surface area contributed by atoms with Gasteiger partial charge in [-0.3, -0.25) is 9.89 Å². The van der Waals surface area contributed by atoms with Crippen molar-refractivity contribution in [3.8, 4) is 11.4 Å². The van der Waals surface area contributed by atoms with Gasteiger partial charge in [-0.25, -0.2) is 9.97 Å². The van der Waals surface area contributed by atoms with Crippen molar-refractivity contribution < 1.29 is 5.11 Å². The lowest BCUT2D eigenvalue weighted by Gasteiger charge is -2.22. The summed E-state index contributed by atoms with van der Waals surface area (Å²) in [5, 5.41) is 17.4. The second-order valence-corrected chi connectivity index (χ2v) is 6.13. The molecule has 1 aliphatic rings. The van der Waals surface area contributed by atoms with Gasteiger partial charge in [0.05, 0.1) is 12.1 Å². The molecule has 8 heteroatoms.